The summed E-state index contributed by atoms with van der Waals surface area (Å²) < 4.78 is 3.57. The Morgan fingerprint density at radius 1 is 1.31 bits per heavy atom. The lowest BCUT2D eigenvalue weighted by atomic mass is 10.2. The topological polar surface area (TPSA) is 90.5 Å². The Morgan fingerprint density at radius 2 is 2.21 bits per heavy atom. The maximum atomic E-state index is 12.6. The van der Waals surface area contributed by atoms with Crippen molar-refractivity contribution in [3.63, 3.8) is 0 Å². The van der Waals surface area contributed by atoms with Gasteiger partial charge < -0.3 is 9.88 Å². The van der Waals surface area contributed by atoms with Gasteiger partial charge in [-0.05, 0) is 36.6 Å². The number of anilines is 1. The lowest BCUT2D eigenvalue weighted by Gasteiger charge is -2.11. The van der Waals surface area contributed by atoms with Crippen molar-refractivity contribution < 1.29 is 4.79 Å². The Morgan fingerprint density at radius 3 is 2.93 bits per heavy atom. The van der Waals surface area contributed by atoms with Crippen LogP contribution in [-0.2, 0) is 11.3 Å². The van der Waals surface area contributed by atoms with Crippen LogP contribution in [0.1, 0.15) is 6.92 Å². The number of rotatable bonds is 7. The summed E-state index contributed by atoms with van der Waals surface area (Å²) in [6.07, 6.45) is 2.99. The van der Waals surface area contributed by atoms with E-state index in [1.54, 1.807) is 40.5 Å². The molecule has 148 valence electrons. The van der Waals surface area contributed by atoms with E-state index in [0.717, 1.165) is 17.2 Å². The summed E-state index contributed by atoms with van der Waals surface area (Å²) in [4.78, 5) is 17.6. The zero-order valence-electron chi connectivity index (χ0n) is 15.3. The van der Waals surface area contributed by atoms with Crippen LogP contribution in [0, 0.1) is 0 Å². The first-order valence-electron chi connectivity index (χ1n) is 8.70. The van der Waals surface area contributed by atoms with E-state index in [1.807, 2.05) is 29.0 Å². The quantitative estimate of drug-likeness (QED) is 0.432. The standard InChI is InChI=1S/C18H16ClN7OS2/c1-2-25-17(15-4-3-7-28-15)23-24-18(25)29-9-16(27)22-13-8-12(19)5-6-14(13)26-11-20-10-21-26/h3-8,10-11H,2,9H2,1H3,(H,22,27). The van der Waals surface area contributed by atoms with Gasteiger partial charge in [0.1, 0.15) is 12.7 Å². The van der Waals surface area contributed by atoms with Gasteiger partial charge in [0, 0.05) is 11.6 Å². The van der Waals surface area contributed by atoms with Crippen molar-refractivity contribution in [3.8, 4) is 16.4 Å². The van der Waals surface area contributed by atoms with Crippen molar-refractivity contribution >= 4 is 46.3 Å². The second kappa shape index (κ2) is 8.76. The zero-order chi connectivity index (χ0) is 20.2. The summed E-state index contributed by atoms with van der Waals surface area (Å²) >= 11 is 9.05. The minimum Gasteiger partial charge on any atom is -0.323 e. The van der Waals surface area contributed by atoms with Crippen molar-refractivity contribution in [2.45, 2.75) is 18.6 Å². The van der Waals surface area contributed by atoms with Gasteiger partial charge in [0.15, 0.2) is 11.0 Å². The van der Waals surface area contributed by atoms with Crippen LogP contribution < -0.4 is 5.32 Å². The number of carbonyl (C=O) groups excluding carboxylic acids is 1. The number of nitrogens with one attached hydrogen (secondary N) is 1. The third-order valence-corrected chi connectivity index (χ3v) is 6.07. The van der Waals surface area contributed by atoms with Gasteiger partial charge >= 0.3 is 0 Å². The number of benzene rings is 1. The highest BCUT2D eigenvalue weighted by atomic mass is 35.5. The number of thioether (sulfide) groups is 1. The average molecular weight is 446 g/mol. The Balaban J connectivity index is 1.47. The summed E-state index contributed by atoms with van der Waals surface area (Å²) in [7, 11) is 0. The molecule has 1 N–H and O–H groups in total. The molecule has 0 saturated heterocycles. The Bertz CT molecular complexity index is 1110. The summed E-state index contributed by atoms with van der Waals surface area (Å²) in [5, 5.41) is 18.8. The normalized spacial score (nSPS) is 11.0. The largest absolute Gasteiger partial charge is 0.323 e. The zero-order valence-corrected chi connectivity index (χ0v) is 17.7. The molecule has 8 nitrogen and oxygen atoms in total. The number of nitrogens with zero attached hydrogens (tertiary/aromatic N) is 6. The van der Waals surface area contributed by atoms with Gasteiger partial charge in [0.25, 0.3) is 0 Å². The molecular formula is C18H16ClN7OS2. The van der Waals surface area contributed by atoms with Crippen molar-refractivity contribution in [1.82, 2.24) is 29.5 Å². The molecule has 11 heteroatoms. The molecule has 0 aliphatic heterocycles. The van der Waals surface area contributed by atoms with Crippen LogP contribution in [0.5, 0.6) is 0 Å². The second-order valence-corrected chi connectivity index (χ2v) is 8.19. The lowest BCUT2D eigenvalue weighted by Crippen LogP contribution is -2.16. The number of hydrogen-bond acceptors (Lipinski definition) is 7. The fourth-order valence-corrected chi connectivity index (χ4v) is 4.42. The van der Waals surface area contributed by atoms with E-state index in [-0.39, 0.29) is 11.7 Å². The first kappa shape index (κ1) is 19.6. The van der Waals surface area contributed by atoms with Gasteiger partial charge in [-0.2, -0.15) is 5.10 Å². The fourth-order valence-electron chi connectivity index (χ4n) is 2.73. The molecule has 0 spiro atoms. The maximum absolute atomic E-state index is 12.6. The van der Waals surface area contributed by atoms with E-state index in [9.17, 15) is 4.79 Å². The molecule has 0 fully saturated rings. The Hall–Kier alpha value is -2.69. The third kappa shape index (κ3) is 4.34. The smallest absolute Gasteiger partial charge is 0.234 e. The molecule has 0 saturated carbocycles. The highest BCUT2D eigenvalue weighted by molar-refractivity contribution is 7.99. The molecule has 4 aromatic rings. The van der Waals surface area contributed by atoms with Gasteiger partial charge in [-0.1, -0.05) is 29.4 Å². The minimum atomic E-state index is -0.179. The minimum absolute atomic E-state index is 0.179. The SMILES string of the molecule is CCn1c(SCC(=O)Nc2cc(Cl)ccc2-n2cncn2)nnc1-c1cccs1. The molecule has 4 rings (SSSR count). The molecule has 0 radical (unpaired) electrons. The number of halogens is 1. The van der Waals surface area contributed by atoms with Gasteiger partial charge in [0.05, 0.1) is 22.0 Å². The van der Waals surface area contributed by atoms with E-state index in [0.29, 0.717) is 21.6 Å². The lowest BCUT2D eigenvalue weighted by molar-refractivity contribution is -0.113. The molecule has 1 aromatic carbocycles. The molecule has 1 amide bonds. The summed E-state index contributed by atoms with van der Waals surface area (Å²) in [5.74, 6) is 0.821. The molecule has 0 aliphatic rings. The predicted octanol–water partition coefficient (Wildman–Crippen LogP) is 3.99. The molecule has 0 aliphatic carbocycles. The third-order valence-electron chi connectivity index (χ3n) is 4.01. The van der Waals surface area contributed by atoms with Crippen LogP contribution in [0.25, 0.3) is 16.4 Å². The van der Waals surface area contributed by atoms with Gasteiger partial charge in [-0.25, -0.2) is 9.67 Å². The van der Waals surface area contributed by atoms with Crippen LogP contribution in [0.15, 0.2) is 53.5 Å². The second-order valence-electron chi connectivity index (χ2n) is 5.87. The fraction of sp³-hybridized carbons (Fsp3) is 0.167. The summed E-state index contributed by atoms with van der Waals surface area (Å²) in [5.41, 5.74) is 1.24. The Kier molecular flexibility index (Phi) is 5.93. The monoisotopic (exact) mass is 445 g/mol. The highest BCUT2D eigenvalue weighted by Gasteiger charge is 2.16. The summed E-state index contributed by atoms with van der Waals surface area (Å²) in [6, 6.07) is 9.18. The first-order chi connectivity index (χ1) is 14.2. The molecule has 0 bridgehead atoms. The predicted molar refractivity (Wildman–Crippen MR) is 115 cm³/mol. The van der Waals surface area contributed by atoms with Gasteiger partial charge in [-0.3, -0.25) is 4.79 Å². The van der Waals surface area contributed by atoms with Crippen LogP contribution in [-0.4, -0.2) is 41.2 Å². The van der Waals surface area contributed by atoms with E-state index in [1.165, 1.54) is 18.1 Å². The molecule has 29 heavy (non-hydrogen) atoms. The first-order valence-corrected chi connectivity index (χ1v) is 10.9. The van der Waals surface area contributed by atoms with E-state index in [4.69, 9.17) is 11.6 Å². The van der Waals surface area contributed by atoms with E-state index >= 15 is 0 Å². The number of thiophene rings is 1. The van der Waals surface area contributed by atoms with Crippen LogP contribution in [0.2, 0.25) is 5.02 Å². The van der Waals surface area contributed by atoms with Crippen LogP contribution in [0.3, 0.4) is 0 Å². The van der Waals surface area contributed by atoms with Crippen molar-refractivity contribution in [2.75, 3.05) is 11.1 Å². The van der Waals surface area contributed by atoms with Crippen LogP contribution in [0.4, 0.5) is 5.69 Å². The summed E-state index contributed by atoms with van der Waals surface area (Å²) in [6.45, 7) is 2.75. The average Bonchev–Trinajstić information content (AvgIpc) is 3.47. The number of carbonyl (C=O) groups is 1. The van der Waals surface area contributed by atoms with Crippen molar-refractivity contribution in [2.24, 2.45) is 0 Å². The maximum Gasteiger partial charge on any atom is 0.234 e. The Labute approximate surface area is 179 Å². The van der Waals surface area contributed by atoms with E-state index in [2.05, 4.69) is 25.6 Å². The molecule has 0 atom stereocenters. The van der Waals surface area contributed by atoms with Crippen LogP contribution >= 0.6 is 34.7 Å². The number of amides is 1. The molecule has 3 heterocycles. The molecular weight excluding hydrogens is 430 g/mol. The van der Waals surface area contributed by atoms with Crippen molar-refractivity contribution in [1.29, 1.82) is 0 Å². The molecule has 0 unspecified atom stereocenters. The highest BCUT2D eigenvalue weighted by Crippen LogP contribution is 2.28. The van der Waals surface area contributed by atoms with Gasteiger partial charge in [-0.15, -0.1) is 21.5 Å². The van der Waals surface area contributed by atoms with Crippen molar-refractivity contribution in [3.05, 3.63) is 53.4 Å². The number of aromatic nitrogens is 6. The van der Waals surface area contributed by atoms with Gasteiger partial charge in [0.2, 0.25) is 5.91 Å². The number of hydrogen-bond donors (Lipinski definition) is 1. The molecule has 3 aromatic heterocycles. The van der Waals surface area contributed by atoms with E-state index < -0.39 is 0 Å².